The topological polar surface area (TPSA) is 24.1 Å². The van der Waals surface area contributed by atoms with Crippen molar-refractivity contribution in [1.82, 2.24) is 19.0 Å². The van der Waals surface area contributed by atoms with E-state index in [-0.39, 0.29) is 0 Å². The molecule has 0 aliphatic rings. The first-order valence-corrected chi connectivity index (χ1v) is 21.5. The first-order valence-electron chi connectivity index (χ1n) is 21.5. The molecule has 10 rings (SSSR count). The maximum atomic E-state index is 2.75. The Morgan fingerprint density at radius 2 is 0.544 bits per heavy atom. The Bertz CT molecular complexity index is 2230. The summed E-state index contributed by atoms with van der Waals surface area (Å²) in [7, 11) is 7.86. The summed E-state index contributed by atoms with van der Waals surface area (Å²) in [6, 6.07) is 47.9. The molecule has 0 radical (unpaired) electrons. The fourth-order valence-electron chi connectivity index (χ4n) is 6.77. The highest BCUT2D eigenvalue weighted by Crippen LogP contribution is 2.39. The molecule has 10 aromatic rings. The molecular weight excluding hydrogens is 693 g/mol. The molecule has 4 heteroatoms. The minimum atomic E-state index is 1.14. The van der Waals surface area contributed by atoms with E-state index in [1.165, 1.54) is 82.6 Å². The maximum absolute atomic E-state index is 2.75. The van der Waals surface area contributed by atoms with Gasteiger partial charge in [-0.05, 0) is 59.0 Å². The van der Waals surface area contributed by atoms with Gasteiger partial charge in [0, 0.05) is 43.1 Å². The van der Waals surface area contributed by atoms with E-state index in [1.807, 2.05) is 69.5 Å². The van der Waals surface area contributed by atoms with Crippen LogP contribution < -0.4 is 5.32 Å². The average molecular weight is 765 g/mol. The molecule has 0 atom stereocenters. The summed E-state index contributed by atoms with van der Waals surface area (Å²) >= 11 is 0. The largest absolute Gasteiger partial charge is 0.323 e. The second-order valence-corrected chi connectivity index (χ2v) is 12.7. The Hall–Kier alpha value is -5.16. The van der Waals surface area contributed by atoms with Crippen LogP contribution in [-0.2, 0) is 0 Å². The van der Waals surface area contributed by atoms with Crippen LogP contribution in [0.3, 0.4) is 0 Å². The van der Waals surface area contributed by atoms with Crippen molar-refractivity contribution < 1.29 is 0 Å². The van der Waals surface area contributed by atoms with Gasteiger partial charge in [-0.2, -0.15) is 0 Å². The summed E-state index contributed by atoms with van der Waals surface area (Å²) in [5, 5.41) is 13.5. The van der Waals surface area contributed by atoms with Crippen LogP contribution >= 0.6 is 0 Å². The van der Waals surface area contributed by atoms with Crippen LogP contribution in [0.2, 0.25) is 0 Å². The van der Waals surface area contributed by atoms with Gasteiger partial charge in [0.25, 0.3) is 0 Å². The molecule has 0 fully saturated rings. The van der Waals surface area contributed by atoms with E-state index in [0.717, 1.165) is 6.54 Å². The standard InChI is InChI=1S/2C18H11N.C4H11N.C3H8.C2H7N.4C2H6/c2*1-3-10-16-12(6-1)14-8-5-9-15-13-7-2-4-11-17(13)19(16)18(14)15;1-4-5(2)3;2*1-3-2;4*1-2/h2*1-11H;4H2,1-3H3;3H2,1-2H3;3H,1-2H3;4*1-2H3. The molecule has 0 spiro atoms. The van der Waals surface area contributed by atoms with Crippen LogP contribution in [0.5, 0.6) is 0 Å². The predicted molar refractivity (Wildman–Crippen MR) is 263 cm³/mol. The zero-order chi connectivity index (χ0) is 42.5. The van der Waals surface area contributed by atoms with Crippen LogP contribution in [0.15, 0.2) is 133 Å². The summed E-state index contributed by atoms with van der Waals surface area (Å²) in [6.45, 7) is 23.5. The van der Waals surface area contributed by atoms with E-state index < -0.39 is 0 Å². The Morgan fingerprint density at radius 3 is 0.737 bits per heavy atom. The molecule has 0 unspecified atom stereocenters. The van der Waals surface area contributed by atoms with E-state index >= 15 is 0 Å². The summed E-state index contributed by atoms with van der Waals surface area (Å²) in [5.41, 5.74) is 7.91. The summed E-state index contributed by atoms with van der Waals surface area (Å²) in [5.74, 6) is 0. The zero-order valence-electron chi connectivity index (χ0n) is 38.0. The van der Waals surface area contributed by atoms with Gasteiger partial charge in [-0.15, -0.1) is 0 Å². The molecular formula is C53H72N4. The van der Waals surface area contributed by atoms with Gasteiger partial charge in [0.2, 0.25) is 0 Å². The SMILES string of the molecule is CC.CC.CC.CC.CCC.CCN(C)C.CNC.c1ccc2c(c1)c1cccc3c4ccccc4n2c13.c1ccc2c(c1)c1cccc3c4ccccc4n2c13. The van der Waals surface area contributed by atoms with Gasteiger partial charge in [-0.3, -0.25) is 0 Å². The van der Waals surface area contributed by atoms with Gasteiger partial charge in [0.15, 0.2) is 0 Å². The van der Waals surface area contributed by atoms with Crippen LogP contribution in [0.4, 0.5) is 0 Å². The Morgan fingerprint density at radius 1 is 0.368 bits per heavy atom. The van der Waals surface area contributed by atoms with Gasteiger partial charge >= 0.3 is 0 Å². The average Bonchev–Trinajstić information content (AvgIpc) is 4.02. The highest BCUT2D eigenvalue weighted by molar-refractivity contribution is 6.24. The second-order valence-electron chi connectivity index (χ2n) is 12.7. The summed E-state index contributed by atoms with van der Waals surface area (Å²) in [4.78, 5) is 2.12. The molecule has 0 aliphatic heterocycles. The Labute approximate surface area is 344 Å². The zero-order valence-corrected chi connectivity index (χ0v) is 38.0. The number of rotatable bonds is 1. The lowest BCUT2D eigenvalue weighted by molar-refractivity contribution is 0.434. The molecule has 4 aromatic heterocycles. The molecule has 0 aliphatic carbocycles. The number of nitrogens with zero attached hydrogens (tertiary/aromatic N) is 3. The fraction of sp³-hybridized carbons (Fsp3) is 0.321. The highest BCUT2D eigenvalue weighted by atomic mass is 15.0. The molecule has 4 nitrogen and oxygen atoms in total. The van der Waals surface area contributed by atoms with Crippen molar-refractivity contribution in [3.05, 3.63) is 133 Å². The Balaban J connectivity index is 0.000000277. The number of benzene rings is 6. The van der Waals surface area contributed by atoms with Gasteiger partial charge in [0.1, 0.15) is 0 Å². The highest BCUT2D eigenvalue weighted by Gasteiger charge is 2.17. The first kappa shape index (κ1) is 48.0. The van der Waals surface area contributed by atoms with Crippen molar-refractivity contribution >= 4 is 76.2 Å². The number of aromatic nitrogens is 2. The van der Waals surface area contributed by atoms with Gasteiger partial charge in [-0.25, -0.2) is 0 Å². The van der Waals surface area contributed by atoms with E-state index in [2.05, 4.69) is 187 Å². The van der Waals surface area contributed by atoms with Crippen molar-refractivity contribution in [2.24, 2.45) is 0 Å². The molecule has 0 saturated heterocycles. The first-order chi connectivity index (χ1) is 28.0. The minimum absolute atomic E-state index is 1.14. The lowest BCUT2D eigenvalue weighted by Crippen LogP contribution is -2.08. The second kappa shape index (κ2) is 25.2. The normalized spacial score (nSPS) is 10.0. The number of nitrogens with one attached hydrogen (secondary N) is 1. The third-order valence-electron chi connectivity index (χ3n) is 8.89. The van der Waals surface area contributed by atoms with Crippen LogP contribution in [-0.4, -0.2) is 48.4 Å². The third-order valence-corrected chi connectivity index (χ3v) is 8.89. The summed E-state index contributed by atoms with van der Waals surface area (Å²) in [6.07, 6.45) is 1.25. The van der Waals surface area contributed by atoms with Crippen LogP contribution in [0, 0.1) is 0 Å². The smallest absolute Gasteiger partial charge is 0.0620 e. The molecule has 4 heterocycles. The summed E-state index contributed by atoms with van der Waals surface area (Å²) < 4.78 is 4.80. The van der Waals surface area contributed by atoms with Crippen molar-refractivity contribution in [2.75, 3.05) is 34.7 Å². The molecule has 6 aromatic carbocycles. The maximum Gasteiger partial charge on any atom is 0.0620 e. The lowest BCUT2D eigenvalue weighted by Gasteiger charge is -2.00. The molecule has 57 heavy (non-hydrogen) atoms. The van der Waals surface area contributed by atoms with E-state index in [0.29, 0.717) is 0 Å². The number of para-hydroxylation sites is 6. The van der Waals surface area contributed by atoms with E-state index in [4.69, 9.17) is 0 Å². The Kier molecular flexibility index (Phi) is 21.2. The van der Waals surface area contributed by atoms with Crippen molar-refractivity contribution in [1.29, 1.82) is 0 Å². The van der Waals surface area contributed by atoms with Gasteiger partial charge in [0.05, 0.1) is 33.1 Å². The minimum Gasteiger partial charge on any atom is -0.323 e. The predicted octanol–water partition coefficient (Wildman–Crippen LogP) is 15.6. The van der Waals surface area contributed by atoms with Crippen molar-refractivity contribution in [3.63, 3.8) is 0 Å². The monoisotopic (exact) mass is 765 g/mol. The molecule has 304 valence electrons. The van der Waals surface area contributed by atoms with E-state index in [1.54, 1.807) is 0 Å². The van der Waals surface area contributed by atoms with Gasteiger partial charge in [-0.1, -0.05) is 192 Å². The molecule has 0 amide bonds. The number of fused-ring (bicyclic) bond motifs is 12. The van der Waals surface area contributed by atoms with Crippen LogP contribution in [0.1, 0.15) is 82.6 Å². The van der Waals surface area contributed by atoms with Crippen LogP contribution in [0.25, 0.3) is 76.2 Å². The number of hydrogen-bond acceptors (Lipinski definition) is 2. The lowest BCUT2D eigenvalue weighted by atomic mass is 10.1. The number of hydrogen-bond donors (Lipinski definition) is 1. The van der Waals surface area contributed by atoms with Crippen molar-refractivity contribution in [3.8, 4) is 0 Å². The molecule has 0 bridgehead atoms. The fourth-order valence-corrected chi connectivity index (χ4v) is 6.77. The third kappa shape index (κ3) is 10.2. The van der Waals surface area contributed by atoms with Crippen molar-refractivity contribution in [2.45, 2.75) is 82.6 Å². The molecule has 0 saturated carbocycles. The molecule has 1 N–H and O–H groups in total. The quantitative estimate of drug-likeness (QED) is 0.180. The van der Waals surface area contributed by atoms with Gasteiger partial charge < -0.3 is 19.0 Å². The van der Waals surface area contributed by atoms with E-state index in [9.17, 15) is 0 Å².